The number of nitrogens with zero attached hydrogens (tertiary/aromatic N) is 3. The van der Waals surface area contributed by atoms with Crippen LogP contribution in [-0.4, -0.2) is 77.2 Å². The molecule has 15 heteroatoms. The average Bonchev–Trinajstić information content (AvgIpc) is 3.38. The van der Waals surface area contributed by atoms with E-state index in [1.165, 1.54) is 5.32 Å². The second-order valence-corrected chi connectivity index (χ2v) is 12.0. The zero-order chi connectivity index (χ0) is 31.3. The lowest BCUT2D eigenvalue weighted by atomic mass is 9.79. The molecule has 3 rings (SSSR count). The fourth-order valence-corrected chi connectivity index (χ4v) is 5.27. The van der Waals surface area contributed by atoms with Crippen molar-refractivity contribution in [1.82, 2.24) is 15.1 Å². The third-order valence-electron chi connectivity index (χ3n) is 7.24. The van der Waals surface area contributed by atoms with E-state index in [1.54, 1.807) is 39.0 Å². The molecule has 0 bridgehead atoms. The van der Waals surface area contributed by atoms with Crippen LogP contribution >= 0.6 is 11.6 Å². The van der Waals surface area contributed by atoms with Crippen LogP contribution in [-0.2, 0) is 24.6 Å². The number of nitrogens with one attached hydrogen (secondary N) is 2. The van der Waals surface area contributed by atoms with E-state index in [2.05, 4.69) is 5.32 Å². The Morgan fingerprint density at radius 3 is 2.39 bits per heavy atom. The number of hydrogen-bond acceptors (Lipinski definition) is 5. The van der Waals surface area contributed by atoms with E-state index in [9.17, 15) is 46.4 Å². The molecule has 2 N–H and O–H groups in total. The Bertz CT molecular complexity index is 1310. The van der Waals surface area contributed by atoms with Crippen LogP contribution in [0.5, 0.6) is 0 Å². The third kappa shape index (κ3) is 5.95. The van der Waals surface area contributed by atoms with Gasteiger partial charge in [0.15, 0.2) is 0 Å². The summed E-state index contributed by atoms with van der Waals surface area (Å²) in [5, 5.41) is 14.4. The number of likely N-dealkylation sites (N-methyl/N-ethyl adjacent to an activating group) is 1. The van der Waals surface area contributed by atoms with Gasteiger partial charge in [0, 0.05) is 30.7 Å². The van der Waals surface area contributed by atoms with Crippen molar-refractivity contribution in [2.24, 2.45) is 5.41 Å². The van der Waals surface area contributed by atoms with Crippen LogP contribution in [0.25, 0.3) is 0 Å². The number of alkyl halides is 5. The van der Waals surface area contributed by atoms with Gasteiger partial charge in [-0.1, -0.05) is 32.4 Å². The van der Waals surface area contributed by atoms with Crippen molar-refractivity contribution in [2.45, 2.75) is 76.2 Å². The molecule has 4 atom stereocenters. The van der Waals surface area contributed by atoms with E-state index in [0.29, 0.717) is 16.3 Å². The number of carbonyl (C=O) groups is 4. The van der Waals surface area contributed by atoms with Crippen molar-refractivity contribution in [2.75, 3.05) is 18.9 Å². The molecule has 1 saturated heterocycles. The molecule has 224 valence electrons. The number of amides is 4. The Morgan fingerprint density at radius 1 is 1.24 bits per heavy atom. The van der Waals surface area contributed by atoms with E-state index in [4.69, 9.17) is 11.6 Å². The minimum atomic E-state index is -6.18. The second-order valence-electron chi connectivity index (χ2n) is 11.5. The summed E-state index contributed by atoms with van der Waals surface area (Å²) in [5.41, 5.74) is -0.932. The molecule has 2 aliphatic heterocycles. The summed E-state index contributed by atoms with van der Waals surface area (Å²) in [4.78, 5) is 53.9. The monoisotopic (exact) mass is 605 g/mol. The smallest absolute Gasteiger partial charge is 0.339 e. The van der Waals surface area contributed by atoms with E-state index >= 15 is 0 Å². The highest BCUT2D eigenvalue weighted by molar-refractivity contribution is 6.31. The Kier molecular flexibility index (Phi) is 8.39. The highest BCUT2D eigenvalue weighted by Crippen LogP contribution is 2.47. The number of anilines is 1. The molecule has 0 aliphatic carbocycles. The zero-order valence-electron chi connectivity index (χ0n) is 22.8. The van der Waals surface area contributed by atoms with E-state index < -0.39 is 64.7 Å². The molecule has 1 aromatic carbocycles. The van der Waals surface area contributed by atoms with Crippen LogP contribution in [0, 0.1) is 16.7 Å². The van der Waals surface area contributed by atoms with Gasteiger partial charge in [0.05, 0.1) is 11.5 Å². The van der Waals surface area contributed by atoms with Crippen LogP contribution < -0.4 is 10.6 Å². The number of hydrogen-bond donors (Lipinski definition) is 2. The first-order chi connectivity index (χ1) is 18.7. The Labute approximate surface area is 238 Å². The van der Waals surface area contributed by atoms with Gasteiger partial charge in [0.25, 0.3) is 0 Å². The number of halogens is 6. The molecule has 1 aromatic rings. The molecule has 0 unspecified atom stereocenters. The van der Waals surface area contributed by atoms with Gasteiger partial charge in [0.1, 0.15) is 18.1 Å². The average molecular weight is 606 g/mol. The van der Waals surface area contributed by atoms with Crippen LogP contribution in [0.15, 0.2) is 18.2 Å². The van der Waals surface area contributed by atoms with Gasteiger partial charge in [-0.2, -0.15) is 27.2 Å². The molecule has 1 fully saturated rings. The molecule has 0 saturated carbocycles. The molecule has 2 aliphatic rings. The van der Waals surface area contributed by atoms with Crippen molar-refractivity contribution in [1.29, 1.82) is 5.26 Å². The molecule has 1 spiro atoms. The fourth-order valence-electron chi connectivity index (χ4n) is 5.10. The van der Waals surface area contributed by atoms with Crippen LogP contribution in [0.1, 0.15) is 46.1 Å². The van der Waals surface area contributed by atoms with E-state index in [0.717, 1.165) is 23.8 Å². The summed E-state index contributed by atoms with van der Waals surface area (Å²) in [6, 6.07) is 2.49. The summed E-state index contributed by atoms with van der Waals surface area (Å²) < 4.78 is 64.7. The Morgan fingerprint density at radius 2 is 1.85 bits per heavy atom. The highest BCUT2D eigenvalue weighted by Gasteiger charge is 2.64. The SMILES string of the molecule is C[C@H](NC(=O)C(F)(F)C(F)(F)F)C(=O)N(C)[C@@H](CC(C)(C)C)C(=O)N1C[C@]2(C[C@H]1C#N)C(=O)Nc1ccc(Cl)cc12. The molecule has 9 nitrogen and oxygen atoms in total. The lowest BCUT2D eigenvalue weighted by molar-refractivity contribution is -0.270. The quantitative estimate of drug-likeness (QED) is 0.480. The lowest BCUT2D eigenvalue weighted by Crippen LogP contribution is -2.58. The molecular formula is C26H29ClF5N5O4. The molecule has 0 radical (unpaired) electrons. The fraction of sp³-hybridized carbons (Fsp3) is 0.577. The Hall–Kier alpha value is -3.47. The number of fused-ring (bicyclic) bond motifs is 2. The van der Waals surface area contributed by atoms with Gasteiger partial charge in [-0.3, -0.25) is 19.2 Å². The normalized spacial score (nSPS) is 22.0. The zero-order valence-corrected chi connectivity index (χ0v) is 23.6. The van der Waals surface area contributed by atoms with E-state index in [-0.39, 0.29) is 19.4 Å². The minimum absolute atomic E-state index is 0.0102. The van der Waals surface area contributed by atoms with Gasteiger partial charge in [0.2, 0.25) is 17.7 Å². The maximum atomic E-state index is 14.0. The third-order valence-corrected chi connectivity index (χ3v) is 7.47. The van der Waals surface area contributed by atoms with Crippen molar-refractivity contribution < 1.29 is 41.1 Å². The largest absolute Gasteiger partial charge is 0.463 e. The number of nitriles is 1. The van der Waals surface area contributed by atoms with Crippen LogP contribution in [0.4, 0.5) is 27.6 Å². The first-order valence-corrected chi connectivity index (χ1v) is 12.9. The van der Waals surface area contributed by atoms with Crippen molar-refractivity contribution in [3.63, 3.8) is 0 Å². The number of likely N-dealkylation sites (tertiary alicyclic amines) is 1. The maximum absolute atomic E-state index is 14.0. The molecular weight excluding hydrogens is 577 g/mol. The topological polar surface area (TPSA) is 123 Å². The number of rotatable bonds is 6. The molecule has 4 amide bonds. The van der Waals surface area contributed by atoms with E-state index in [1.807, 2.05) is 6.07 Å². The summed E-state index contributed by atoms with van der Waals surface area (Å²) in [6.45, 7) is 5.92. The molecule has 2 heterocycles. The van der Waals surface area contributed by atoms with Gasteiger partial charge >= 0.3 is 18.0 Å². The second kappa shape index (κ2) is 10.7. The lowest BCUT2D eigenvalue weighted by Gasteiger charge is -2.37. The Balaban J connectivity index is 1.91. The standard InChI is InChI=1S/C26H29ClF5N5O4/c1-13(34-22(41)25(28,29)26(30,31)32)19(38)36(5)18(10-23(2,3)4)20(39)37-12-24(9-15(37)11-33)16-8-14(27)6-7-17(16)35-21(24)40/h6-8,13,15,18H,9-10,12H2,1-5H3,(H,34,41)(H,35,40)/t13-,15-,18-,24-/m0/s1. The summed E-state index contributed by atoms with van der Waals surface area (Å²) in [7, 11) is 1.14. The van der Waals surface area contributed by atoms with Crippen molar-refractivity contribution in [3.8, 4) is 6.07 Å². The molecule has 41 heavy (non-hydrogen) atoms. The molecule has 0 aromatic heterocycles. The van der Waals surface area contributed by atoms with Gasteiger partial charge in [-0.05, 0) is 42.5 Å². The highest BCUT2D eigenvalue weighted by atomic mass is 35.5. The first kappa shape index (κ1) is 32.0. The minimum Gasteiger partial charge on any atom is -0.339 e. The van der Waals surface area contributed by atoms with Gasteiger partial charge < -0.3 is 20.4 Å². The summed E-state index contributed by atoms with van der Waals surface area (Å²) >= 11 is 6.15. The predicted octanol–water partition coefficient (Wildman–Crippen LogP) is 3.62. The number of carbonyl (C=O) groups excluding carboxylic acids is 4. The van der Waals surface area contributed by atoms with Crippen molar-refractivity contribution in [3.05, 3.63) is 28.8 Å². The maximum Gasteiger partial charge on any atom is 0.463 e. The number of benzene rings is 1. The van der Waals surface area contributed by atoms with Crippen LogP contribution in [0.3, 0.4) is 0 Å². The predicted molar refractivity (Wildman–Crippen MR) is 137 cm³/mol. The summed E-state index contributed by atoms with van der Waals surface area (Å²) in [5.74, 6) is -10.7. The summed E-state index contributed by atoms with van der Waals surface area (Å²) in [6.07, 6.45) is -6.25. The van der Waals surface area contributed by atoms with Crippen molar-refractivity contribution >= 4 is 40.9 Å². The van der Waals surface area contributed by atoms with Gasteiger partial charge in [-0.25, -0.2) is 0 Å². The van der Waals surface area contributed by atoms with Crippen LogP contribution in [0.2, 0.25) is 5.02 Å². The first-order valence-electron chi connectivity index (χ1n) is 12.5. The van der Waals surface area contributed by atoms with Gasteiger partial charge in [-0.15, -0.1) is 0 Å².